The van der Waals surface area contributed by atoms with Gasteiger partial charge < -0.3 is 10.2 Å². The number of nitrogens with zero attached hydrogens (tertiary/aromatic N) is 2. The summed E-state index contributed by atoms with van der Waals surface area (Å²) in [5.41, 5.74) is 7.62. The molecule has 0 radical (unpaired) electrons. The van der Waals surface area contributed by atoms with E-state index in [1.807, 2.05) is 0 Å². The van der Waals surface area contributed by atoms with Gasteiger partial charge in [-0.1, -0.05) is 29.8 Å². The van der Waals surface area contributed by atoms with E-state index in [4.69, 9.17) is 21.8 Å². The Hall–Kier alpha value is -3.66. The van der Waals surface area contributed by atoms with Crippen LogP contribution >= 0.6 is 11.6 Å². The second-order valence-electron chi connectivity index (χ2n) is 7.20. The molecule has 8 nitrogen and oxygen atoms in total. The number of amides is 2. The van der Waals surface area contributed by atoms with Crippen molar-refractivity contribution in [2.75, 3.05) is 11.3 Å². The summed E-state index contributed by atoms with van der Waals surface area (Å²) in [5, 5.41) is 10.7. The summed E-state index contributed by atoms with van der Waals surface area (Å²) >= 11 is 6.02. The molecule has 0 aliphatic carbocycles. The molecule has 0 saturated heterocycles. The van der Waals surface area contributed by atoms with Gasteiger partial charge in [0.15, 0.2) is 15.6 Å². The Morgan fingerprint density at radius 3 is 2.24 bits per heavy atom. The van der Waals surface area contributed by atoms with Crippen molar-refractivity contribution in [3.05, 3.63) is 77.8 Å². The average Bonchev–Trinajstić information content (AvgIpc) is 3.24. The van der Waals surface area contributed by atoms with Gasteiger partial charge in [0.2, 0.25) is 5.89 Å². The van der Waals surface area contributed by atoms with Crippen molar-refractivity contribution >= 4 is 33.2 Å². The van der Waals surface area contributed by atoms with Crippen molar-refractivity contribution < 1.29 is 22.8 Å². The third-order valence-corrected chi connectivity index (χ3v) is 6.22. The maximum Gasteiger partial charge on any atom is 0.343 e. The number of urea groups is 1. The predicted molar refractivity (Wildman–Crippen MR) is 125 cm³/mol. The lowest BCUT2D eigenvalue weighted by Crippen LogP contribution is -2.32. The minimum atomic E-state index is -3.35. The summed E-state index contributed by atoms with van der Waals surface area (Å²) in [4.78, 5) is 16.1. The van der Waals surface area contributed by atoms with Crippen LogP contribution in [-0.2, 0) is 9.84 Å². The van der Waals surface area contributed by atoms with Gasteiger partial charge in [0, 0.05) is 28.0 Å². The number of rotatable bonds is 5. The molecule has 0 bridgehead atoms. The first-order valence-electron chi connectivity index (χ1n) is 9.59. The van der Waals surface area contributed by atoms with Crippen LogP contribution in [0, 0.1) is 0 Å². The number of oxazole rings is 1. The molecule has 3 aromatic carbocycles. The second kappa shape index (κ2) is 8.70. The Morgan fingerprint density at radius 1 is 1.00 bits per heavy atom. The number of primary amides is 1. The molecule has 4 rings (SSSR count). The van der Waals surface area contributed by atoms with Crippen LogP contribution in [0.3, 0.4) is 0 Å². The molecule has 10 heteroatoms. The van der Waals surface area contributed by atoms with E-state index in [0.717, 1.165) is 11.8 Å². The molecular formula is C23H18ClN3O5S. The molecule has 0 aliphatic rings. The highest BCUT2D eigenvalue weighted by Gasteiger charge is 2.20. The fourth-order valence-electron chi connectivity index (χ4n) is 3.19. The van der Waals surface area contributed by atoms with Crippen LogP contribution in [0.1, 0.15) is 0 Å². The molecule has 1 heterocycles. The van der Waals surface area contributed by atoms with Crippen molar-refractivity contribution in [1.82, 2.24) is 4.98 Å². The number of halogens is 1. The first-order chi connectivity index (χ1) is 15.6. The monoisotopic (exact) mass is 483 g/mol. The molecular weight excluding hydrogens is 466 g/mol. The van der Waals surface area contributed by atoms with Gasteiger partial charge in [0.25, 0.3) is 0 Å². The van der Waals surface area contributed by atoms with Crippen molar-refractivity contribution in [3.63, 3.8) is 0 Å². The van der Waals surface area contributed by atoms with Crippen molar-refractivity contribution in [2.24, 2.45) is 5.73 Å². The summed E-state index contributed by atoms with van der Waals surface area (Å²) in [6.07, 6.45) is 1.14. The van der Waals surface area contributed by atoms with Crippen LogP contribution in [0.4, 0.5) is 10.5 Å². The van der Waals surface area contributed by atoms with Gasteiger partial charge in [0.1, 0.15) is 5.69 Å². The third-order valence-electron chi connectivity index (χ3n) is 4.84. The number of anilines is 1. The highest BCUT2D eigenvalue weighted by atomic mass is 35.5. The van der Waals surface area contributed by atoms with Crippen molar-refractivity contribution in [2.45, 2.75) is 4.90 Å². The predicted octanol–water partition coefficient (Wildman–Crippen LogP) is 5.01. The molecule has 0 fully saturated rings. The van der Waals surface area contributed by atoms with Crippen LogP contribution in [0.5, 0.6) is 0 Å². The number of hydroxylamine groups is 1. The zero-order chi connectivity index (χ0) is 23.8. The van der Waals surface area contributed by atoms with Gasteiger partial charge >= 0.3 is 6.03 Å². The molecule has 1 aromatic heterocycles. The standard InChI is InChI=1S/C23H18ClN3O5S/c1-33(30,31)19-11-7-15(8-12-19)21-20(14-5-9-17(24)10-6-14)26-22(32-21)16-3-2-4-18(13-16)27(29)23(25)28/h2-13,29H,1H3,(H2,25,28). The number of benzene rings is 3. The van der Waals surface area contributed by atoms with Crippen LogP contribution < -0.4 is 10.8 Å². The third kappa shape index (κ3) is 4.75. The van der Waals surface area contributed by atoms with Gasteiger partial charge in [-0.15, -0.1) is 0 Å². The van der Waals surface area contributed by atoms with E-state index < -0.39 is 15.9 Å². The SMILES string of the molecule is CS(=O)(=O)c1ccc(-c2oc(-c3cccc(N(O)C(N)=O)c3)nc2-c2ccc(Cl)cc2)cc1. The van der Waals surface area contributed by atoms with Crippen LogP contribution in [0.25, 0.3) is 34.0 Å². The highest BCUT2D eigenvalue weighted by molar-refractivity contribution is 7.90. The Kier molecular flexibility index (Phi) is 5.94. The van der Waals surface area contributed by atoms with Crippen LogP contribution in [0.2, 0.25) is 5.02 Å². The molecule has 0 aliphatic heterocycles. The summed E-state index contributed by atoms with van der Waals surface area (Å²) in [5.74, 6) is 0.635. The molecule has 0 saturated carbocycles. The fraction of sp³-hybridized carbons (Fsp3) is 0.0435. The van der Waals surface area contributed by atoms with Gasteiger partial charge in [-0.2, -0.15) is 5.06 Å². The average molecular weight is 484 g/mol. The van der Waals surface area contributed by atoms with Gasteiger partial charge in [-0.05, 0) is 54.6 Å². The molecule has 0 atom stereocenters. The minimum absolute atomic E-state index is 0.144. The minimum Gasteiger partial charge on any atom is -0.435 e. The maximum atomic E-state index is 11.8. The Bertz CT molecular complexity index is 1430. The first kappa shape index (κ1) is 22.5. The van der Waals surface area contributed by atoms with E-state index in [1.54, 1.807) is 48.5 Å². The summed E-state index contributed by atoms with van der Waals surface area (Å²) in [7, 11) is -3.35. The Labute approximate surface area is 194 Å². The molecule has 4 aromatic rings. The largest absolute Gasteiger partial charge is 0.435 e. The van der Waals surface area contributed by atoms with Crippen LogP contribution in [0.15, 0.2) is 82.1 Å². The van der Waals surface area contributed by atoms with E-state index in [9.17, 15) is 18.4 Å². The van der Waals surface area contributed by atoms with Crippen molar-refractivity contribution in [3.8, 4) is 34.0 Å². The number of carbonyl (C=O) groups is 1. The summed E-state index contributed by atoms with van der Waals surface area (Å²) < 4.78 is 29.7. The lowest BCUT2D eigenvalue weighted by molar-refractivity contribution is 0.212. The summed E-state index contributed by atoms with van der Waals surface area (Å²) in [6, 6.07) is 18.6. The molecule has 33 heavy (non-hydrogen) atoms. The van der Waals surface area contributed by atoms with E-state index in [0.29, 0.717) is 32.7 Å². The van der Waals surface area contributed by atoms with E-state index in [2.05, 4.69) is 4.98 Å². The number of aromatic nitrogens is 1. The topological polar surface area (TPSA) is 127 Å². The Balaban J connectivity index is 1.85. The molecule has 3 N–H and O–H groups in total. The zero-order valence-electron chi connectivity index (χ0n) is 17.3. The lowest BCUT2D eigenvalue weighted by Gasteiger charge is -2.12. The normalized spacial score (nSPS) is 11.4. The maximum absolute atomic E-state index is 11.8. The summed E-state index contributed by atoms with van der Waals surface area (Å²) in [6.45, 7) is 0. The number of hydrogen-bond acceptors (Lipinski definition) is 6. The van der Waals surface area contributed by atoms with E-state index >= 15 is 0 Å². The number of hydrogen-bond donors (Lipinski definition) is 2. The second-order valence-corrected chi connectivity index (χ2v) is 9.65. The highest BCUT2D eigenvalue weighted by Crippen LogP contribution is 2.37. The zero-order valence-corrected chi connectivity index (χ0v) is 18.8. The quantitative estimate of drug-likeness (QED) is 0.303. The molecule has 2 amide bonds. The number of nitrogens with two attached hydrogens (primary N) is 1. The van der Waals surface area contributed by atoms with Crippen LogP contribution in [-0.4, -0.2) is 30.9 Å². The lowest BCUT2D eigenvalue weighted by atomic mass is 10.1. The van der Waals surface area contributed by atoms with E-state index in [-0.39, 0.29) is 16.5 Å². The molecule has 168 valence electrons. The molecule has 0 unspecified atom stereocenters. The number of sulfone groups is 1. The number of carbonyl (C=O) groups excluding carboxylic acids is 1. The molecule has 0 spiro atoms. The fourth-order valence-corrected chi connectivity index (χ4v) is 3.95. The smallest absolute Gasteiger partial charge is 0.343 e. The van der Waals surface area contributed by atoms with E-state index in [1.165, 1.54) is 24.3 Å². The van der Waals surface area contributed by atoms with Gasteiger partial charge in [-0.3, -0.25) is 5.21 Å². The van der Waals surface area contributed by atoms with Crippen molar-refractivity contribution in [1.29, 1.82) is 0 Å². The van der Waals surface area contributed by atoms with Gasteiger partial charge in [-0.25, -0.2) is 18.2 Å². The first-order valence-corrected chi connectivity index (χ1v) is 11.9. The van der Waals surface area contributed by atoms with Gasteiger partial charge in [0.05, 0.1) is 10.6 Å². The Morgan fingerprint density at radius 2 is 1.64 bits per heavy atom.